The van der Waals surface area contributed by atoms with Gasteiger partial charge in [-0.25, -0.2) is 4.39 Å². The van der Waals surface area contributed by atoms with Crippen molar-refractivity contribution in [3.63, 3.8) is 0 Å². The second-order valence-electron chi connectivity index (χ2n) is 6.02. The Morgan fingerprint density at radius 3 is 2.84 bits per heavy atom. The summed E-state index contributed by atoms with van der Waals surface area (Å²) in [6.07, 6.45) is 5.29. The summed E-state index contributed by atoms with van der Waals surface area (Å²) < 4.78 is 13.7. The lowest BCUT2D eigenvalue weighted by molar-refractivity contribution is 0.181. The number of likely N-dealkylation sites (tertiary alicyclic amines) is 1. The van der Waals surface area contributed by atoms with Crippen LogP contribution in [0.4, 0.5) is 4.39 Å². The Labute approximate surface area is 115 Å². The fraction of sp³-hybridized carbons (Fsp3) is 0.625. The molecule has 2 fully saturated rings. The third kappa shape index (κ3) is 3.77. The van der Waals surface area contributed by atoms with E-state index in [4.69, 9.17) is 0 Å². The van der Waals surface area contributed by atoms with Crippen molar-refractivity contribution in [2.45, 2.75) is 38.3 Å². The molecule has 2 aliphatic rings. The van der Waals surface area contributed by atoms with Gasteiger partial charge in [0.15, 0.2) is 0 Å². The van der Waals surface area contributed by atoms with Crippen LogP contribution in [0, 0.1) is 11.7 Å². The monoisotopic (exact) mass is 262 g/mol. The zero-order chi connectivity index (χ0) is 13.1. The molecule has 1 aromatic rings. The van der Waals surface area contributed by atoms with Gasteiger partial charge in [-0.1, -0.05) is 18.2 Å². The molecular formula is C16H23FN2. The number of hydrogen-bond donors (Lipinski definition) is 1. The molecule has 0 bridgehead atoms. The predicted molar refractivity (Wildman–Crippen MR) is 75.4 cm³/mol. The molecule has 1 aliphatic heterocycles. The molecule has 1 N–H and O–H groups in total. The summed E-state index contributed by atoms with van der Waals surface area (Å²) in [5.41, 5.74) is 0.824. The maximum atomic E-state index is 13.7. The van der Waals surface area contributed by atoms with Crippen molar-refractivity contribution < 1.29 is 4.39 Å². The van der Waals surface area contributed by atoms with Crippen LogP contribution in [0.5, 0.6) is 0 Å². The van der Waals surface area contributed by atoms with E-state index < -0.39 is 0 Å². The van der Waals surface area contributed by atoms with Gasteiger partial charge in [-0.3, -0.25) is 4.90 Å². The Bertz CT molecular complexity index is 417. The summed E-state index contributed by atoms with van der Waals surface area (Å²) >= 11 is 0. The van der Waals surface area contributed by atoms with E-state index in [1.165, 1.54) is 32.2 Å². The first-order valence-electron chi connectivity index (χ1n) is 7.50. The van der Waals surface area contributed by atoms with Crippen molar-refractivity contribution >= 4 is 0 Å². The molecule has 104 valence electrons. The molecule has 0 aromatic heterocycles. The molecule has 2 nitrogen and oxygen atoms in total. The molecule has 0 spiro atoms. The van der Waals surface area contributed by atoms with Crippen molar-refractivity contribution in [3.8, 4) is 0 Å². The van der Waals surface area contributed by atoms with E-state index in [9.17, 15) is 4.39 Å². The molecule has 0 radical (unpaired) electrons. The summed E-state index contributed by atoms with van der Waals surface area (Å²) in [5.74, 6) is 0.859. The Balaban J connectivity index is 1.51. The molecule has 1 saturated heterocycles. The van der Waals surface area contributed by atoms with Crippen LogP contribution in [0.3, 0.4) is 0 Å². The first-order valence-corrected chi connectivity index (χ1v) is 7.50. The van der Waals surface area contributed by atoms with Crippen LogP contribution in [0.2, 0.25) is 0 Å². The smallest absolute Gasteiger partial charge is 0.127 e. The highest BCUT2D eigenvalue weighted by atomic mass is 19.1. The van der Waals surface area contributed by atoms with Crippen LogP contribution >= 0.6 is 0 Å². The summed E-state index contributed by atoms with van der Waals surface area (Å²) in [4.78, 5) is 2.38. The van der Waals surface area contributed by atoms with E-state index in [0.29, 0.717) is 6.04 Å². The number of hydrogen-bond acceptors (Lipinski definition) is 2. The Hall–Kier alpha value is -0.930. The topological polar surface area (TPSA) is 15.3 Å². The predicted octanol–water partition coefficient (Wildman–Crippen LogP) is 2.79. The summed E-state index contributed by atoms with van der Waals surface area (Å²) in [6.45, 7) is 4.07. The number of rotatable bonds is 5. The second-order valence-corrected chi connectivity index (χ2v) is 6.02. The Morgan fingerprint density at radius 2 is 2.05 bits per heavy atom. The first kappa shape index (κ1) is 13.1. The first-order chi connectivity index (χ1) is 9.31. The molecule has 1 unspecified atom stereocenters. The molecule has 1 aromatic carbocycles. The largest absolute Gasteiger partial charge is 0.312 e. The standard InChI is InChI=1S/C16H23FN2/c17-16-6-2-1-4-14(16)11-19-9-3-5-15(12-19)18-10-13-7-8-13/h1-2,4,6,13,15,18H,3,5,7-12H2. The van der Waals surface area contributed by atoms with Crippen molar-refractivity contribution in [1.82, 2.24) is 10.2 Å². The van der Waals surface area contributed by atoms with Gasteiger partial charge in [0, 0.05) is 24.7 Å². The van der Waals surface area contributed by atoms with E-state index in [2.05, 4.69) is 10.2 Å². The van der Waals surface area contributed by atoms with Gasteiger partial charge in [-0.15, -0.1) is 0 Å². The van der Waals surface area contributed by atoms with Crippen molar-refractivity contribution in [1.29, 1.82) is 0 Å². The third-order valence-electron chi connectivity index (χ3n) is 4.25. The molecule has 0 amide bonds. The van der Waals surface area contributed by atoms with E-state index in [1.807, 2.05) is 12.1 Å². The van der Waals surface area contributed by atoms with Crippen LogP contribution in [-0.4, -0.2) is 30.6 Å². The molecule has 1 heterocycles. The van der Waals surface area contributed by atoms with Gasteiger partial charge >= 0.3 is 0 Å². The molecule has 3 heteroatoms. The van der Waals surface area contributed by atoms with Crippen LogP contribution < -0.4 is 5.32 Å². The highest BCUT2D eigenvalue weighted by Crippen LogP contribution is 2.28. The van der Waals surface area contributed by atoms with Gasteiger partial charge in [0.25, 0.3) is 0 Å². The van der Waals surface area contributed by atoms with E-state index >= 15 is 0 Å². The summed E-state index contributed by atoms with van der Waals surface area (Å²) in [6, 6.07) is 7.74. The normalized spacial score (nSPS) is 24.6. The lowest BCUT2D eigenvalue weighted by Gasteiger charge is -2.33. The SMILES string of the molecule is Fc1ccccc1CN1CCCC(NCC2CC2)C1. The molecular weight excluding hydrogens is 239 g/mol. The van der Waals surface area contributed by atoms with Gasteiger partial charge in [0.05, 0.1) is 0 Å². The number of nitrogens with zero attached hydrogens (tertiary/aromatic N) is 1. The molecule has 19 heavy (non-hydrogen) atoms. The fourth-order valence-electron chi connectivity index (χ4n) is 2.89. The highest BCUT2D eigenvalue weighted by molar-refractivity contribution is 5.17. The van der Waals surface area contributed by atoms with Gasteiger partial charge in [0.1, 0.15) is 5.82 Å². The third-order valence-corrected chi connectivity index (χ3v) is 4.25. The van der Waals surface area contributed by atoms with Crippen LogP contribution in [0.25, 0.3) is 0 Å². The summed E-state index contributed by atoms with van der Waals surface area (Å²) in [5, 5.41) is 3.68. The van der Waals surface area contributed by atoms with Gasteiger partial charge < -0.3 is 5.32 Å². The zero-order valence-corrected chi connectivity index (χ0v) is 11.4. The Morgan fingerprint density at radius 1 is 1.21 bits per heavy atom. The summed E-state index contributed by atoms with van der Waals surface area (Å²) in [7, 11) is 0. The van der Waals surface area contributed by atoms with Crippen LogP contribution in [0.15, 0.2) is 24.3 Å². The average Bonchev–Trinajstić information content (AvgIpc) is 3.24. The van der Waals surface area contributed by atoms with Gasteiger partial charge in [0.2, 0.25) is 0 Å². The lowest BCUT2D eigenvalue weighted by Crippen LogP contribution is -2.45. The van der Waals surface area contributed by atoms with Crippen molar-refractivity contribution in [2.24, 2.45) is 5.92 Å². The van der Waals surface area contributed by atoms with E-state index in [1.54, 1.807) is 12.1 Å². The average molecular weight is 262 g/mol. The number of halogens is 1. The van der Waals surface area contributed by atoms with Crippen molar-refractivity contribution in [2.75, 3.05) is 19.6 Å². The number of benzene rings is 1. The molecule has 1 saturated carbocycles. The minimum atomic E-state index is -0.0736. The molecule has 3 rings (SSSR count). The minimum absolute atomic E-state index is 0.0736. The highest BCUT2D eigenvalue weighted by Gasteiger charge is 2.25. The van der Waals surface area contributed by atoms with E-state index in [-0.39, 0.29) is 5.82 Å². The molecule has 1 aliphatic carbocycles. The zero-order valence-electron chi connectivity index (χ0n) is 11.4. The number of piperidine rings is 1. The number of nitrogens with one attached hydrogen (secondary N) is 1. The van der Waals surface area contributed by atoms with Gasteiger partial charge in [-0.05, 0) is 50.8 Å². The van der Waals surface area contributed by atoms with Gasteiger partial charge in [-0.2, -0.15) is 0 Å². The molecule has 1 atom stereocenters. The lowest BCUT2D eigenvalue weighted by atomic mass is 10.0. The minimum Gasteiger partial charge on any atom is -0.312 e. The van der Waals surface area contributed by atoms with E-state index in [0.717, 1.165) is 31.1 Å². The van der Waals surface area contributed by atoms with Crippen LogP contribution in [0.1, 0.15) is 31.2 Å². The van der Waals surface area contributed by atoms with Crippen LogP contribution in [-0.2, 0) is 6.54 Å². The fourth-order valence-corrected chi connectivity index (χ4v) is 2.89. The quantitative estimate of drug-likeness (QED) is 0.878. The maximum Gasteiger partial charge on any atom is 0.127 e. The second kappa shape index (κ2) is 6.02. The van der Waals surface area contributed by atoms with Crippen molar-refractivity contribution in [3.05, 3.63) is 35.6 Å². The Kier molecular flexibility index (Phi) is 4.14. The maximum absolute atomic E-state index is 13.7.